The molecule has 0 spiro atoms. The van der Waals surface area contributed by atoms with Crippen molar-refractivity contribution in [3.8, 4) is 0 Å². The number of nitrogens with one attached hydrogen (secondary N) is 1. The minimum Gasteiger partial charge on any atom is -0.345 e. The van der Waals surface area contributed by atoms with E-state index in [-0.39, 0.29) is 23.3 Å². The van der Waals surface area contributed by atoms with E-state index in [0.29, 0.717) is 37.9 Å². The van der Waals surface area contributed by atoms with Crippen molar-refractivity contribution in [1.29, 1.82) is 0 Å². The third-order valence-electron chi connectivity index (χ3n) is 5.17. The van der Waals surface area contributed by atoms with Gasteiger partial charge in [0.05, 0.1) is 0 Å². The fourth-order valence-corrected chi connectivity index (χ4v) is 4.24. The number of piperidine rings is 1. The number of carbonyl (C=O) groups is 2. The van der Waals surface area contributed by atoms with Gasteiger partial charge in [0.15, 0.2) is 0 Å². The van der Waals surface area contributed by atoms with Gasteiger partial charge in [0.25, 0.3) is 5.56 Å². The SMILES string of the molecule is CC(=O)NC(CC(C)C)C(=O)N1C[C@@H]2C[C@H](C1)c1cccc(=O)n1C2. The number of rotatable bonds is 4. The summed E-state index contributed by atoms with van der Waals surface area (Å²) in [6.45, 7) is 7.50. The number of likely N-dealkylation sites (tertiary alicyclic amines) is 1. The number of hydrogen-bond donors (Lipinski definition) is 1. The third-order valence-corrected chi connectivity index (χ3v) is 5.17. The van der Waals surface area contributed by atoms with E-state index < -0.39 is 6.04 Å². The fourth-order valence-electron chi connectivity index (χ4n) is 4.24. The van der Waals surface area contributed by atoms with Crippen molar-refractivity contribution < 1.29 is 9.59 Å². The van der Waals surface area contributed by atoms with Gasteiger partial charge in [-0.25, -0.2) is 0 Å². The average Bonchev–Trinajstić information content (AvgIpc) is 2.53. The lowest BCUT2D eigenvalue weighted by Gasteiger charge is -2.43. The van der Waals surface area contributed by atoms with Crippen LogP contribution in [0.1, 0.15) is 45.2 Å². The predicted octanol–water partition coefficient (Wildman–Crippen LogP) is 1.34. The van der Waals surface area contributed by atoms with Gasteiger partial charge in [0.1, 0.15) is 6.04 Å². The molecule has 1 N–H and O–H groups in total. The van der Waals surface area contributed by atoms with Crippen LogP contribution in [-0.2, 0) is 16.1 Å². The number of nitrogens with zero attached hydrogens (tertiary/aromatic N) is 2. The topological polar surface area (TPSA) is 71.4 Å². The Morgan fingerprint density at radius 2 is 2.00 bits per heavy atom. The smallest absolute Gasteiger partial charge is 0.250 e. The second kappa shape index (κ2) is 7.02. The Balaban J connectivity index is 1.80. The van der Waals surface area contributed by atoms with Crippen LogP contribution in [0.5, 0.6) is 0 Å². The molecule has 2 amide bonds. The minimum atomic E-state index is -0.464. The molecular weight excluding hydrogens is 318 g/mol. The predicted molar refractivity (Wildman–Crippen MR) is 95.2 cm³/mol. The van der Waals surface area contributed by atoms with Gasteiger partial charge in [-0.05, 0) is 30.7 Å². The monoisotopic (exact) mass is 345 g/mol. The first kappa shape index (κ1) is 17.7. The maximum absolute atomic E-state index is 13.0. The Labute approximate surface area is 148 Å². The lowest BCUT2D eigenvalue weighted by molar-refractivity contribution is -0.139. The molecule has 1 unspecified atom stereocenters. The van der Waals surface area contributed by atoms with Crippen LogP contribution in [0, 0.1) is 11.8 Å². The molecule has 1 aromatic heterocycles. The van der Waals surface area contributed by atoms with Gasteiger partial charge in [-0.2, -0.15) is 0 Å². The van der Waals surface area contributed by atoms with Crippen LogP contribution in [0.4, 0.5) is 0 Å². The summed E-state index contributed by atoms with van der Waals surface area (Å²) >= 11 is 0. The molecule has 0 radical (unpaired) electrons. The highest BCUT2D eigenvalue weighted by Crippen LogP contribution is 2.35. The first-order valence-corrected chi connectivity index (χ1v) is 9.10. The quantitative estimate of drug-likeness (QED) is 0.895. The molecule has 1 fully saturated rings. The molecule has 2 aliphatic rings. The van der Waals surface area contributed by atoms with Crippen molar-refractivity contribution in [3.63, 3.8) is 0 Å². The summed E-state index contributed by atoms with van der Waals surface area (Å²) in [7, 11) is 0. The van der Waals surface area contributed by atoms with E-state index in [1.165, 1.54) is 6.92 Å². The highest BCUT2D eigenvalue weighted by Gasteiger charge is 2.38. The van der Waals surface area contributed by atoms with Crippen molar-refractivity contribution in [3.05, 3.63) is 34.2 Å². The first-order valence-electron chi connectivity index (χ1n) is 9.10. The number of fused-ring (bicyclic) bond motifs is 4. The van der Waals surface area contributed by atoms with Gasteiger partial charge in [-0.3, -0.25) is 14.4 Å². The second-order valence-electron chi connectivity index (χ2n) is 7.82. The van der Waals surface area contributed by atoms with Gasteiger partial charge in [-0.1, -0.05) is 19.9 Å². The molecule has 3 rings (SSSR count). The Bertz CT molecular complexity index is 725. The zero-order chi connectivity index (χ0) is 18.1. The largest absolute Gasteiger partial charge is 0.345 e. The number of aromatic nitrogens is 1. The van der Waals surface area contributed by atoms with E-state index in [0.717, 1.165) is 12.1 Å². The van der Waals surface area contributed by atoms with Crippen LogP contribution in [0.25, 0.3) is 0 Å². The summed E-state index contributed by atoms with van der Waals surface area (Å²) in [5, 5.41) is 2.82. The molecule has 25 heavy (non-hydrogen) atoms. The van der Waals surface area contributed by atoms with Crippen molar-refractivity contribution in [1.82, 2.24) is 14.8 Å². The third kappa shape index (κ3) is 3.78. The van der Waals surface area contributed by atoms with Crippen molar-refractivity contribution in [2.75, 3.05) is 13.1 Å². The molecule has 3 atom stereocenters. The van der Waals surface area contributed by atoms with E-state index in [1.807, 2.05) is 15.5 Å². The molecule has 136 valence electrons. The molecule has 3 heterocycles. The highest BCUT2D eigenvalue weighted by atomic mass is 16.2. The van der Waals surface area contributed by atoms with E-state index in [1.54, 1.807) is 12.1 Å². The molecule has 1 aromatic rings. The molecule has 0 aromatic carbocycles. The molecule has 1 saturated heterocycles. The standard InChI is InChI=1S/C19H27N3O3/c1-12(2)7-16(20-13(3)23)19(25)21-9-14-8-15(11-21)17-5-4-6-18(24)22(17)10-14/h4-6,12,14-16H,7-11H2,1-3H3,(H,20,23)/t14-,15+,16?/m0/s1. The molecule has 2 aliphatic heterocycles. The molecular formula is C19H27N3O3. The normalized spacial score (nSPS) is 23.1. The maximum atomic E-state index is 13.0. The zero-order valence-corrected chi connectivity index (χ0v) is 15.2. The average molecular weight is 345 g/mol. The first-order chi connectivity index (χ1) is 11.8. The van der Waals surface area contributed by atoms with Crippen molar-refractivity contribution in [2.24, 2.45) is 11.8 Å². The number of hydrogen-bond acceptors (Lipinski definition) is 3. The molecule has 0 saturated carbocycles. The molecule has 6 nitrogen and oxygen atoms in total. The van der Waals surface area contributed by atoms with E-state index in [2.05, 4.69) is 19.2 Å². The van der Waals surface area contributed by atoms with Gasteiger partial charge in [-0.15, -0.1) is 0 Å². The lowest BCUT2D eigenvalue weighted by Crippen LogP contribution is -2.55. The number of amides is 2. The Kier molecular flexibility index (Phi) is 4.97. The van der Waals surface area contributed by atoms with E-state index in [4.69, 9.17) is 0 Å². The summed E-state index contributed by atoms with van der Waals surface area (Å²) in [5.74, 6) is 0.650. The van der Waals surface area contributed by atoms with Crippen LogP contribution < -0.4 is 10.9 Å². The van der Waals surface area contributed by atoms with Crippen molar-refractivity contribution >= 4 is 11.8 Å². The summed E-state index contributed by atoms with van der Waals surface area (Å²) < 4.78 is 1.86. The number of carbonyl (C=O) groups excluding carboxylic acids is 2. The van der Waals surface area contributed by atoms with Crippen LogP contribution in [-0.4, -0.2) is 40.4 Å². The second-order valence-corrected chi connectivity index (χ2v) is 7.82. The molecule has 2 bridgehead atoms. The Morgan fingerprint density at radius 1 is 1.24 bits per heavy atom. The summed E-state index contributed by atoms with van der Waals surface area (Å²) in [6, 6.07) is 4.93. The summed E-state index contributed by atoms with van der Waals surface area (Å²) in [6.07, 6.45) is 1.66. The Morgan fingerprint density at radius 3 is 2.68 bits per heavy atom. The summed E-state index contributed by atoms with van der Waals surface area (Å²) in [4.78, 5) is 38.5. The van der Waals surface area contributed by atoms with Gasteiger partial charge in [0.2, 0.25) is 11.8 Å². The number of pyridine rings is 1. The van der Waals surface area contributed by atoms with E-state index in [9.17, 15) is 14.4 Å². The highest BCUT2D eigenvalue weighted by molar-refractivity contribution is 5.87. The van der Waals surface area contributed by atoms with Gasteiger partial charge >= 0.3 is 0 Å². The Hall–Kier alpha value is -2.11. The molecule has 6 heteroatoms. The van der Waals surface area contributed by atoms with Crippen LogP contribution in [0.2, 0.25) is 0 Å². The maximum Gasteiger partial charge on any atom is 0.250 e. The van der Waals surface area contributed by atoms with Crippen molar-refractivity contribution in [2.45, 2.75) is 52.1 Å². The lowest BCUT2D eigenvalue weighted by atomic mass is 9.82. The summed E-state index contributed by atoms with van der Waals surface area (Å²) in [5.41, 5.74) is 1.07. The van der Waals surface area contributed by atoms with Gasteiger partial charge < -0.3 is 14.8 Å². The van der Waals surface area contributed by atoms with Crippen LogP contribution >= 0.6 is 0 Å². The zero-order valence-electron chi connectivity index (χ0n) is 15.2. The van der Waals surface area contributed by atoms with E-state index >= 15 is 0 Å². The van der Waals surface area contributed by atoms with Crippen LogP contribution in [0.3, 0.4) is 0 Å². The minimum absolute atomic E-state index is 0.00493. The fraction of sp³-hybridized carbons (Fsp3) is 0.632. The van der Waals surface area contributed by atoms with Crippen LogP contribution in [0.15, 0.2) is 23.0 Å². The molecule has 0 aliphatic carbocycles. The van der Waals surface area contributed by atoms with Gasteiger partial charge in [0, 0.05) is 44.2 Å².